The van der Waals surface area contributed by atoms with Crippen LogP contribution in [0.3, 0.4) is 0 Å². The van der Waals surface area contributed by atoms with Crippen LogP contribution in [0.5, 0.6) is 5.75 Å². The number of nitrogens with one attached hydrogen (secondary N) is 2. The highest BCUT2D eigenvalue weighted by atomic mass is 32.2. The molecule has 1 aromatic heterocycles. The fraction of sp³-hybridized carbons (Fsp3) is 0.348. The highest BCUT2D eigenvalue weighted by Crippen LogP contribution is 2.38. The van der Waals surface area contributed by atoms with Gasteiger partial charge in [0, 0.05) is 29.5 Å². The quantitative estimate of drug-likeness (QED) is 0.475. The number of carbonyl (C=O) groups excluding carboxylic acids is 1. The van der Waals surface area contributed by atoms with E-state index in [1.807, 2.05) is 32.0 Å². The van der Waals surface area contributed by atoms with E-state index in [9.17, 15) is 4.79 Å². The lowest BCUT2D eigenvalue weighted by Crippen LogP contribution is -2.26. The van der Waals surface area contributed by atoms with E-state index in [1.54, 1.807) is 18.9 Å². The number of H-pyrrole nitrogens is 1. The van der Waals surface area contributed by atoms with Crippen molar-refractivity contribution in [2.45, 2.75) is 43.1 Å². The number of aromatic nitrogens is 1. The monoisotopic (exact) mass is 412 g/mol. The molecule has 3 aromatic rings. The molecule has 29 heavy (non-hydrogen) atoms. The largest absolute Gasteiger partial charge is 0.497 e. The van der Waals surface area contributed by atoms with Crippen LogP contribution in [0.2, 0.25) is 0 Å². The van der Waals surface area contributed by atoms with Gasteiger partial charge in [-0.05, 0) is 51.5 Å². The van der Waals surface area contributed by atoms with Gasteiger partial charge in [0.05, 0.1) is 23.6 Å². The number of carbonyl (C=O) groups is 1. The molecule has 2 N–H and O–H groups in total. The average Bonchev–Trinajstić information content (AvgIpc) is 3.06. The Bertz CT molecular complexity index is 964. The number of aromatic amines is 1. The molecule has 0 saturated heterocycles. The number of benzene rings is 2. The summed E-state index contributed by atoms with van der Waals surface area (Å²) in [4.78, 5) is 18.2. The summed E-state index contributed by atoms with van der Waals surface area (Å²) in [7, 11) is 1.64. The van der Waals surface area contributed by atoms with Crippen molar-refractivity contribution in [2.75, 3.05) is 20.3 Å². The minimum absolute atomic E-state index is 0.112. The van der Waals surface area contributed by atoms with Crippen LogP contribution in [-0.4, -0.2) is 37.3 Å². The van der Waals surface area contributed by atoms with Gasteiger partial charge in [-0.15, -0.1) is 0 Å². The van der Waals surface area contributed by atoms with Gasteiger partial charge in [0.15, 0.2) is 0 Å². The zero-order valence-electron chi connectivity index (χ0n) is 17.4. The van der Waals surface area contributed by atoms with Crippen molar-refractivity contribution in [2.24, 2.45) is 0 Å². The Hall–Kier alpha value is -2.44. The Morgan fingerprint density at radius 2 is 1.93 bits per heavy atom. The fourth-order valence-corrected chi connectivity index (χ4v) is 3.99. The molecule has 0 unspecified atom stereocenters. The van der Waals surface area contributed by atoms with Crippen LogP contribution in [0.15, 0.2) is 52.3 Å². The maximum atomic E-state index is 12.9. The van der Waals surface area contributed by atoms with Gasteiger partial charge in [0.25, 0.3) is 5.91 Å². The zero-order valence-corrected chi connectivity index (χ0v) is 18.2. The molecule has 0 aliphatic rings. The van der Waals surface area contributed by atoms with Gasteiger partial charge in [-0.2, -0.15) is 0 Å². The molecule has 1 heterocycles. The number of hydrogen-bond donors (Lipinski definition) is 2. The fourth-order valence-electron chi connectivity index (χ4n) is 2.95. The SMILES string of the molecule is COc1ccc2c(Sc3ccc(C)cc3)c(C(=O)NCCCOC(C)C)[nH]c2c1. The number of fused-ring (bicyclic) bond motifs is 1. The van der Waals surface area contributed by atoms with Gasteiger partial charge < -0.3 is 19.8 Å². The molecule has 0 aliphatic carbocycles. The third-order valence-corrected chi connectivity index (χ3v) is 5.62. The minimum Gasteiger partial charge on any atom is -0.497 e. The molecule has 6 heteroatoms. The van der Waals surface area contributed by atoms with E-state index in [4.69, 9.17) is 9.47 Å². The molecule has 0 fully saturated rings. The maximum absolute atomic E-state index is 12.9. The van der Waals surface area contributed by atoms with Crippen LogP contribution >= 0.6 is 11.8 Å². The number of rotatable bonds is 9. The van der Waals surface area contributed by atoms with E-state index < -0.39 is 0 Å². The van der Waals surface area contributed by atoms with Crippen molar-refractivity contribution in [1.29, 1.82) is 0 Å². The molecule has 0 aliphatic heterocycles. The van der Waals surface area contributed by atoms with Crippen molar-refractivity contribution >= 4 is 28.6 Å². The van der Waals surface area contributed by atoms with Crippen molar-refractivity contribution in [3.8, 4) is 5.75 Å². The molecule has 5 nitrogen and oxygen atoms in total. The number of amides is 1. The number of ether oxygens (including phenoxy) is 2. The second kappa shape index (κ2) is 9.85. The van der Waals surface area contributed by atoms with E-state index in [0.717, 1.165) is 32.9 Å². The molecule has 1 amide bonds. The first-order chi connectivity index (χ1) is 14.0. The van der Waals surface area contributed by atoms with Gasteiger partial charge in [0.1, 0.15) is 11.4 Å². The zero-order chi connectivity index (χ0) is 20.8. The topological polar surface area (TPSA) is 63.4 Å². The molecule has 2 aromatic carbocycles. The molecule has 0 radical (unpaired) electrons. The summed E-state index contributed by atoms with van der Waals surface area (Å²) in [5.41, 5.74) is 2.66. The lowest BCUT2D eigenvalue weighted by Gasteiger charge is -2.09. The van der Waals surface area contributed by atoms with Gasteiger partial charge >= 0.3 is 0 Å². The predicted octanol–water partition coefficient (Wildman–Crippen LogP) is 5.18. The van der Waals surface area contributed by atoms with Crippen molar-refractivity contribution in [3.05, 3.63) is 53.7 Å². The molecule has 0 bridgehead atoms. The van der Waals surface area contributed by atoms with Gasteiger partial charge in [-0.25, -0.2) is 0 Å². The minimum atomic E-state index is -0.112. The molecule has 154 valence electrons. The molecule has 0 spiro atoms. The van der Waals surface area contributed by atoms with E-state index in [2.05, 4.69) is 41.5 Å². The Morgan fingerprint density at radius 1 is 1.17 bits per heavy atom. The first-order valence-corrected chi connectivity index (χ1v) is 10.6. The number of methoxy groups -OCH3 is 1. The lowest BCUT2D eigenvalue weighted by molar-refractivity contribution is 0.0756. The summed E-state index contributed by atoms with van der Waals surface area (Å²) in [6.45, 7) is 7.28. The Labute approximate surface area is 176 Å². The second-order valence-electron chi connectivity index (χ2n) is 7.18. The average molecular weight is 413 g/mol. The molecule has 3 rings (SSSR count). The molecular formula is C23H28N2O3S. The third kappa shape index (κ3) is 5.55. The normalized spacial score (nSPS) is 11.2. The maximum Gasteiger partial charge on any atom is 0.268 e. The van der Waals surface area contributed by atoms with Crippen LogP contribution in [0, 0.1) is 6.92 Å². The lowest BCUT2D eigenvalue weighted by atomic mass is 10.2. The second-order valence-corrected chi connectivity index (χ2v) is 8.27. The third-order valence-electron chi connectivity index (χ3n) is 4.48. The van der Waals surface area contributed by atoms with Gasteiger partial charge in [0.2, 0.25) is 0 Å². The Balaban J connectivity index is 1.83. The van der Waals surface area contributed by atoms with E-state index in [0.29, 0.717) is 18.8 Å². The first-order valence-electron chi connectivity index (χ1n) is 9.82. The van der Waals surface area contributed by atoms with E-state index in [1.165, 1.54) is 5.56 Å². The summed E-state index contributed by atoms with van der Waals surface area (Å²) in [6, 6.07) is 14.1. The molecular weight excluding hydrogens is 384 g/mol. The van der Waals surface area contributed by atoms with Crippen LogP contribution in [-0.2, 0) is 4.74 Å². The van der Waals surface area contributed by atoms with Crippen LogP contribution < -0.4 is 10.1 Å². The van der Waals surface area contributed by atoms with Crippen molar-refractivity contribution in [1.82, 2.24) is 10.3 Å². The molecule has 0 atom stereocenters. The standard InChI is InChI=1S/C23H28N2O3S/c1-15(2)28-13-5-12-24-23(26)21-22(29-18-9-6-16(3)7-10-18)19-11-8-17(27-4)14-20(19)25-21/h6-11,14-15,25H,5,12-13H2,1-4H3,(H,24,26). The highest BCUT2D eigenvalue weighted by molar-refractivity contribution is 7.99. The number of hydrogen-bond acceptors (Lipinski definition) is 4. The van der Waals surface area contributed by atoms with Gasteiger partial charge in [-0.3, -0.25) is 4.79 Å². The smallest absolute Gasteiger partial charge is 0.268 e. The summed E-state index contributed by atoms with van der Waals surface area (Å²) in [5, 5.41) is 4.01. The highest BCUT2D eigenvalue weighted by Gasteiger charge is 2.19. The van der Waals surface area contributed by atoms with Gasteiger partial charge in [-0.1, -0.05) is 29.5 Å². The summed E-state index contributed by atoms with van der Waals surface area (Å²) >= 11 is 1.59. The van der Waals surface area contributed by atoms with Crippen LogP contribution in [0.4, 0.5) is 0 Å². The first kappa shape index (κ1) is 21.3. The van der Waals surface area contributed by atoms with E-state index in [-0.39, 0.29) is 12.0 Å². The van der Waals surface area contributed by atoms with Crippen molar-refractivity contribution < 1.29 is 14.3 Å². The van der Waals surface area contributed by atoms with Crippen molar-refractivity contribution in [3.63, 3.8) is 0 Å². The van der Waals surface area contributed by atoms with Crippen LogP contribution in [0.25, 0.3) is 10.9 Å². The predicted molar refractivity (Wildman–Crippen MR) is 118 cm³/mol. The Kier molecular flexibility index (Phi) is 7.23. The summed E-state index contributed by atoms with van der Waals surface area (Å²) in [6.07, 6.45) is 0.977. The van der Waals surface area contributed by atoms with E-state index >= 15 is 0 Å². The van der Waals surface area contributed by atoms with Crippen LogP contribution in [0.1, 0.15) is 36.3 Å². The summed E-state index contributed by atoms with van der Waals surface area (Å²) in [5.74, 6) is 0.641. The Morgan fingerprint density at radius 3 is 2.62 bits per heavy atom. The number of aryl methyl sites for hydroxylation is 1. The molecule has 0 saturated carbocycles. The summed E-state index contributed by atoms with van der Waals surface area (Å²) < 4.78 is 10.9.